The van der Waals surface area contributed by atoms with Crippen molar-refractivity contribution in [1.29, 1.82) is 0 Å². The van der Waals surface area contributed by atoms with Crippen LogP contribution in [0.2, 0.25) is 0 Å². The molecule has 318 valence electrons. The highest BCUT2D eigenvalue weighted by atomic mass is 32.2. The molecular formula is C63H45N3S. The molecule has 0 radical (unpaired) electrons. The van der Waals surface area contributed by atoms with Gasteiger partial charge in [0.05, 0.1) is 39.8 Å². The minimum atomic E-state index is -0.155. The summed E-state index contributed by atoms with van der Waals surface area (Å²) in [4.78, 5) is 9.81. The lowest BCUT2D eigenvalue weighted by molar-refractivity contribution is 0.660. The van der Waals surface area contributed by atoms with E-state index in [2.05, 4.69) is 265 Å². The van der Waals surface area contributed by atoms with E-state index in [1.807, 2.05) is 11.8 Å². The van der Waals surface area contributed by atoms with Crippen LogP contribution in [0.5, 0.6) is 0 Å². The Morgan fingerprint density at radius 1 is 0.343 bits per heavy atom. The average molecular weight is 876 g/mol. The SMILES string of the molecule is CC1(C)c2cc(/C=C/c3ccc(-c4ccc(N5c6ccccc6N(c6ccccc6)c6ccccc65)c5ccccc45)cc3)ccc2-c2ccc(N3c4ccccc4Sc4ccccc43)cc21. The molecule has 0 spiro atoms. The fourth-order valence-corrected chi connectivity index (χ4v) is 11.8. The Bertz CT molecular complexity index is 3520. The number of nitrogens with zero attached hydrogens (tertiary/aromatic N) is 3. The van der Waals surface area contributed by atoms with Gasteiger partial charge < -0.3 is 14.7 Å². The Hall–Kier alpha value is -8.05. The molecule has 0 saturated heterocycles. The first kappa shape index (κ1) is 39.3. The Labute approximate surface area is 396 Å². The van der Waals surface area contributed by atoms with Crippen LogP contribution in [0, 0.1) is 0 Å². The molecule has 10 aromatic rings. The second-order valence-corrected chi connectivity index (χ2v) is 19.2. The number of rotatable bonds is 6. The van der Waals surface area contributed by atoms with E-state index >= 15 is 0 Å². The molecule has 67 heavy (non-hydrogen) atoms. The van der Waals surface area contributed by atoms with E-state index in [0.717, 1.165) is 34.1 Å². The molecule has 0 bridgehead atoms. The molecule has 3 nitrogen and oxygen atoms in total. The summed E-state index contributed by atoms with van der Waals surface area (Å²) in [6.45, 7) is 4.75. The van der Waals surface area contributed by atoms with Gasteiger partial charge in [-0.05, 0) is 129 Å². The van der Waals surface area contributed by atoms with Crippen molar-refractivity contribution in [3.63, 3.8) is 0 Å². The van der Waals surface area contributed by atoms with Crippen LogP contribution in [0.4, 0.5) is 51.2 Å². The van der Waals surface area contributed by atoms with Crippen LogP contribution in [-0.4, -0.2) is 0 Å². The topological polar surface area (TPSA) is 9.72 Å². The summed E-state index contributed by atoms with van der Waals surface area (Å²) in [6.07, 6.45) is 4.50. The van der Waals surface area contributed by atoms with E-state index in [4.69, 9.17) is 0 Å². The molecule has 3 aliphatic rings. The highest BCUT2D eigenvalue weighted by Gasteiger charge is 2.37. The second-order valence-electron chi connectivity index (χ2n) is 18.1. The number of anilines is 9. The minimum absolute atomic E-state index is 0.155. The van der Waals surface area contributed by atoms with Crippen molar-refractivity contribution in [2.45, 2.75) is 29.1 Å². The molecule has 13 rings (SSSR count). The van der Waals surface area contributed by atoms with Gasteiger partial charge in [-0.2, -0.15) is 0 Å². The molecule has 10 aromatic carbocycles. The van der Waals surface area contributed by atoms with E-state index in [1.54, 1.807) is 0 Å². The second kappa shape index (κ2) is 15.5. The maximum absolute atomic E-state index is 2.44. The number of benzene rings is 10. The maximum atomic E-state index is 2.44. The summed E-state index contributed by atoms with van der Waals surface area (Å²) in [7, 11) is 0. The van der Waals surface area contributed by atoms with Gasteiger partial charge in [-0.25, -0.2) is 0 Å². The summed E-state index contributed by atoms with van der Waals surface area (Å²) in [5, 5.41) is 2.43. The van der Waals surface area contributed by atoms with E-state index < -0.39 is 0 Å². The van der Waals surface area contributed by atoms with Crippen LogP contribution in [0.15, 0.2) is 234 Å². The lowest BCUT2D eigenvalue weighted by atomic mass is 9.81. The van der Waals surface area contributed by atoms with Crippen LogP contribution in [-0.2, 0) is 5.41 Å². The van der Waals surface area contributed by atoms with Crippen LogP contribution >= 0.6 is 11.8 Å². The molecule has 4 heteroatoms. The lowest BCUT2D eigenvalue weighted by Gasteiger charge is -2.40. The fraction of sp³-hybridized carbons (Fsp3) is 0.0476. The molecule has 1 aliphatic carbocycles. The van der Waals surface area contributed by atoms with Crippen molar-refractivity contribution in [3.8, 4) is 22.3 Å². The maximum Gasteiger partial charge on any atom is 0.0703 e. The van der Waals surface area contributed by atoms with Crippen LogP contribution in [0.25, 0.3) is 45.2 Å². The number of hydrogen-bond acceptors (Lipinski definition) is 4. The number of fused-ring (bicyclic) bond motifs is 8. The zero-order valence-corrected chi connectivity index (χ0v) is 38.1. The van der Waals surface area contributed by atoms with Gasteiger partial charge in [0.2, 0.25) is 0 Å². The van der Waals surface area contributed by atoms with E-state index in [9.17, 15) is 0 Å². The van der Waals surface area contributed by atoms with Crippen molar-refractivity contribution in [1.82, 2.24) is 0 Å². The van der Waals surface area contributed by atoms with Gasteiger partial charge in [0.25, 0.3) is 0 Å². The van der Waals surface area contributed by atoms with Crippen molar-refractivity contribution in [2.75, 3.05) is 14.7 Å². The van der Waals surface area contributed by atoms with E-state index in [-0.39, 0.29) is 5.41 Å². The summed E-state index contributed by atoms with van der Waals surface area (Å²) < 4.78 is 0. The third-order valence-electron chi connectivity index (χ3n) is 13.9. The smallest absolute Gasteiger partial charge is 0.0703 e. The Kier molecular flexibility index (Phi) is 9.13. The lowest BCUT2D eigenvalue weighted by Crippen LogP contribution is -2.24. The van der Waals surface area contributed by atoms with Crippen molar-refractivity contribution in [2.24, 2.45) is 0 Å². The summed E-state index contributed by atoms with van der Waals surface area (Å²) in [6, 6.07) is 82.2. The van der Waals surface area contributed by atoms with Gasteiger partial charge in [0.1, 0.15) is 0 Å². The Morgan fingerprint density at radius 3 is 1.48 bits per heavy atom. The highest BCUT2D eigenvalue weighted by molar-refractivity contribution is 7.99. The van der Waals surface area contributed by atoms with Gasteiger partial charge in [0, 0.05) is 32.0 Å². The summed E-state index contributed by atoms with van der Waals surface area (Å²) >= 11 is 1.85. The summed E-state index contributed by atoms with van der Waals surface area (Å²) in [5.74, 6) is 0. The monoisotopic (exact) mass is 875 g/mol. The zero-order valence-electron chi connectivity index (χ0n) is 37.3. The fourth-order valence-electron chi connectivity index (χ4n) is 10.7. The molecule has 0 N–H and O–H groups in total. The third-order valence-corrected chi connectivity index (χ3v) is 15.1. The predicted molar refractivity (Wildman–Crippen MR) is 284 cm³/mol. The molecule has 0 amide bonds. The number of para-hydroxylation sites is 7. The molecule has 2 aliphatic heterocycles. The van der Waals surface area contributed by atoms with Crippen molar-refractivity contribution < 1.29 is 0 Å². The Balaban J connectivity index is 0.794. The predicted octanol–water partition coefficient (Wildman–Crippen LogP) is 18.2. The van der Waals surface area contributed by atoms with Crippen molar-refractivity contribution in [3.05, 3.63) is 247 Å². The minimum Gasteiger partial charge on any atom is -0.308 e. The van der Waals surface area contributed by atoms with Crippen molar-refractivity contribution >= 4 is 85.9 Å². The van der Waals surface area contributed by atoms with Gasteiger partial charge >= 0.3 is 0 Å². The molecule has 0 atom stereocenters. The van der Waals surface area contributed by atoms with Gasteiger partial charge in [0.15, 0.2) is 0 Å². The van der Waals surface area contributed by atoms with Gasteiger partial charge in [-0.1, -0.05) is 183 Å². The normalized spacial score (nSPS) is 14.0. The summed E-state index contributed by atoms with van der Waals surface area (Å²) in [5.41, 5.74) is 20.6. The molecule has 2 heterocycles. The molecule has 0 saturated carbocycles. The standard InChI is InChI=1S/C63H45N3S/c1-63(2)52-40-43(32-36-49(52)50-37-35-46(41-53(50)63)65-59-24-12-14-26-61(59)67-62-27-15-13-25-60(62)65)29-28-42-30-33-44(34-31-42)47-38-39-54(51-19-7-6-18-48(47)51)66-57-22-10-8-20-55(57)64(45-16-4-3-5-17-45)56-21-9-11-23-58(56)66/h3-41H,1-2H3/b29-28+. The zero-order chi connectivity index (χ0) is 44.6. The first-order valence-electron chi connectivity index (χ1n) is 23.1. The third kappa shape index (κ3) is 6.36. The largest absolute Gasteiger partial charge is 0.308 e. The molecule has 0 aromatic heterocycles. The van der Waals surface area contributed by atoms with Gasteiger partial charge in [-0.3, -0.25) is 0 Å². The average Bonchev–Trinajstić information content (AvgIpc) is 3.61. The molecular weight excluding hydrogens is 831 g/mol. The van der Waals surface area contributed by atoms with Crippen LogP contribution < -0.4 is 14.7 Å². The molecule has 0 fully saturated rings. The van der Waals surface area contributed by atoms with E-state index in [1.165, 1.54) is 82.1 Å². The van der Waals surface area contributed by atoms with Crippen LogP contribution in [0.1, 0.15) is 36.1 Å². The Morgan fingerprint density at radius 2 is 0.821 bits per heavy atom. The van der Waals surface area contributed by atoms with Crippen LogP contribution in [0.3, 0.4) is 0 Å². The van der Waals surface area contributed by atoms with Gasteiger partial charge in [-0.15, -0.1) is 0 Å². The highest BCUT2D eigenvalue weighted by Crippen LogP contribution is 2.57. The first-order chi connectivity index (χ1) is 33.0. The first-order valence-corrected chi connectivity index (χ1v) is 23.9. The molecule has 0 unspecified atom stereocenters. The quantitative estimate of drug-likeness (QED) is 0.154. The van der Waals surface area contributed by atoms with E-state index in [0.29, 0.717) is 0 Å². The number of hydrogen-bond donors (Lipinski definition) is 0.